The molecule has 1 amide bonds. The van der Waals surface area contributed by atoms with Crippen LogP contribution in [0.2, 0.25) is 0 Å². The molecule has 1 aliphatic rings. The topological polar surface area (TPSA) is 70.7 Å². The SMILES string of the molecule is Cc1nc(-c2cccc(NC(=O)c3cc4c(s3)CCCC4)c2)n[nH]1. The van der Waals surface area contributed by atoms with E-state index in [1.807, 2.05) is 31.2 Å². The van der Waals surface area contributed by atoms with Crippen LogP contribution in [0, 0.1) is 6.92 Å². The quantitative estimate of drug-likeness (QED) is 0.759. The molecule has 0 saturated heterocycles. The van der Waals surface area contributed by atoms with Crippen LogP contribution in [0.25, 0.3) is 11.4 Å². The third kappa shape index (κ3) is 2.97. The van der Waals surface area contributed by atoms with Gasteiger partial charge in [0.25, 0.3) is 5.91 Å². The van der Waals surface area contributed by atoms with Gasteiger partial charge in [0.2, 0.25) is 0 Å². The lowest BCUT2D eigenvalue weighted by molar-refractivity contribution is 0.103. The van der Waals surface area contributed by atoms with Crippen molar-refractivity contribution in [1.29, 1.82) is 0 Å². The van der Waals surface area contributed by atoms with Gasteiger partial charge >= 0.3 is 0 Å². The highest BCUT2D eigenvalue weighted by atomic mass is 32.1. The molecular formula is C18H18N4OS. The molecule has 1 aromatic carbocycles. The van der Waals surface area contributed by atoms with Gasteiger partial charge in [-0.1, -0.05) is 12.1 Å². The summed E-state index contributed by atoms with van der Waals surface area (Å²) in [4.78, 5) is 19.0. The summed E-state index contributed by atoms with van der Waals surface area (Å²) in [5, 5.41) is 9.99. The molecule has 2 N–H and O–H groups in total. The Balaban J connectivity index is 1.54. The van der Waals surface area contributed by atoms with Gasteiger partial charge in [0.05, 0.1) is 4.88 Å². The molecule has 0 unspecified atom stereocenters. The first-order valence-electron chi connectivity index (χ1n) is 8.11. The maximum Gasteiger partial charge on any atom is 0.265 e. The van der Waals surface area contributed by atoms with Gasteiger partial charge in [-0.05, 0) is 56.4 Å². The number of nitrogens with one attached hydrogen (secondary N) is 2. The lowest BCUT2D eigenvalue weighted by Gasteiger charge is -2.08. The third-order valence-electron chi connectivity index (χ3n) is 4.20. The van der Waals surface area contributed by atoms with E-state index in [0.717, 1.165) is 34.8 Å². The van der Waals surface area contributed by atoms with Crippen molar-refractivity contribution in [2.24, 2.45) is 0 Å². The summed E-state index contributed by atoms with van der Waals surface area (Å²) < 4.78 is 0. The van der Waals surface area contributed by atoms with Crippen LogP contribution in [-0.4, -0.2) is 21.1 Å². The normalized spacial score (nSPS) is 13.5. The minimum atomic E-state index is -0.0438. The van der Waals surface area contributed by atoms with E-state index >= 15 is 0 Å². The molecule has 24 heavy (non-hydrogen) atoms. The lowest BCUT2D eigenvalue weighted by atomic mass is 9.99. The van der Waals surface area contributed by atoms with E-state index in [4.69, 9.17) is 0 Å². The number of carbonyl (C=O) groups is 1. The Bertz CT molecular complexity index is 873. The maximum absolute atomic E-state index is 12.5. The van der Waals surface area contributed by atoms with E-state index in [9.17, 15) is 4.79 Å². The van der Waals surface area contributed by atoms with Crippen LogP contribution < -0.4 is 5.32 Å². The number of nitrogens with zero attached hydrogens (tertiary/aromatic N) is 2. The fourth-order valence-corrected chi connectivity index (χ4v) is 4.15. The Morgan fingerprint density at radius 2 is 2.12 bits per heavy atom. The monoisotopic (exact) mass is 338 g/mol. The van der Waals surface area contributed by atoms with Gasteiger partial charge < -0.3 is 5.32 Å². The number of H-pyrrole nitrogens is 1. The second-order valence-electron chi connectivity index (χ2n) is 6.05. The van der Waals surface area contributed by atoms with Crippen molar-refractivity contribution in [2.75, 3.05) is 5.32 Å². The van der Waals surface area contributed by atoms with Crippen molar-refractivity contribution in [2.45, 2.75) is 32.6 Å². The second-order valence-corrected chi connectivity index (χ2v) is 7.18. The minimum Gasteiger partial charge on any atom is -0.321 e. The van der Waals surface area contributed by atoms with Crippen molar-refractivity contribution in [3.05, 3.63) is 51.5 Å². The summed E-state index contributed by atoms with van der Waals surface area (Å²) in [5.41, 5.74) is 2.98. The van der Waals surface area contributed by atoms with Gasteiger partial charge in [-0.3, -0.25) is 9.89 Å². The average Bonchev–Trinajstić information content (AvgIpc) is 3.21. The summed E-state index contributed by atoms with van der Waals surface area (Å²) in [6.07, 6.45) is 4.65. The molecule has 122 valence electrons. The zero-order chi connectivity index (χ0) is 16.5. The first kappa shape index (κ1) is 15.1. The van der Waals surface area contributed by atoms with Crippen LogP contribution in [0.3, 0.4) is 0 Å². The molecule has 1 aliphatic carbocycles. The standard InChI is InChI=1S/C18H18N4OS/c1-11-19-17(22-21-11)13-6-4-7-14(9-13)20-18(23)16-10-12-5-2-3-8-15(12)24-16/h4,6-7,9-10H,2-3,5,8H2,1H3,(H,20,23)(H,19,21,22). The van der Waals surface area contributed by atoms with E-state index < -0.39 is 0 Å². The van der Waals surface area contributed by atoms with Crippen molar-refractivity contribution in [1.82, 2.24) is 15.2 Å². The Morgan fingerprint density at radius 1 is 1.25 bits per heavy atom. The summed E-state index contributed by atoms with van der Waals surface area (Å²) in [6, 6.07) is 9.66. The summed E-state index contributed by atoms with van der Waals surface area (Å²) in [6.45, 7) is 1.86. The number of thiophene rings is 1. The predicted molar refractivity (Wildman–Crippen MR) is 95.5 cm³/mol. The van der Waals surface area contributed by atoms with E-state index in [1.54, 1.807) is 11.3 Å². The van der Waals surface area contributed by atoms with E-state index in [-0.39, 0.29) is 5.91 Å². The molecule has 0 saturated carbocycles. The van der Waals surface area contributed by atoms with Crippen LogP contribution in [-0.2, 0) is 12.8 Å². The van der Waals surface area contributed by atoms with Crippen molar-refractivity contribution < 1.29 is 4.79 Å². The Morgan fingerprint density at radius 3 is 2.92 bits per heavy atom. The van der Waals surface area contributed by atoms with E-state index in [1.165, 1.54) is 23.3 Å². The van der Waals surface area contributed by atoms with Gasteiger partial charge in [-0.15, -0.1) is 11.3 Å². The maximum atomic E-state index is 12.5. The molecule has 4 rings (SSSR count). The average molecular weight is 338 g/mol. The summed E-state index contributed by atoms with van der Waals surface area (Å²) in [5.74, 6) is 1.36. The highest BCUT2D eigenvalue weighted by Gasteiger charge is 2.17. The fourth-order valence-electron chi connectivity index (χ4n) is 3.00. The molecule has 3 aromatic rings. The Hall–Kier alpha value is -2.47. The molecule has 0 radical (unpaired) electrons. The molecule has 0 atom stereocenters. The van der Waals surface area contributed by atoms with Crippen LogP contribution >= 0.6 is 11.3 Å². The highest BCUT2D eigenvalue weighted by Crippen LogP contribution is 2.30. The molecule has 0 fully saturated rings. The summed E-state index contributed by atoms with van der Waals surface area (Å²) in [7, 11) is 0. The Kier molecular flexibility index (Phi) is 3.90. The zero-order valence-electron chi connectivity index (χ0n) is 13.4. The van der Waals surface area contributed by atoms with Gasteiger partial charge in [0.1, 0.15) is 5.82 Å². The van der Waals surface area contributed by atoms with Gasteiger partial charge in [0.15, 0.2) is 5.82 Å². The van der Waals surface area contributed by atoms with Gasteiger partial charge in [0, 0.05) is 16.1 Å². The number of fused-ring (bicyclic) bond motifs is 1. The van der Waals surface area contributed by atoms with E-state index in [0.29, 0.717) is 5.82 Å². The molecule has 0 bridgehead atoms. The van der Waals surface area contributed by atoms with Crippen molar-refractivity contribution >= 4 is 22.9 Å². The number of anilines is 1. The molecule has 6 heteroatoms. The Labute approximate surface area is 144 Å². The van der Waals surface area contributed by atoms with Gasteiger partial charge in [-0.2, -0.15) is 5.10 Å². The number of hydrogen-bond donors (Lipinski definition) is 2. The first-order valence-corrected chi connectivity index (χ1v) is 8.93. The van der Waals surface area contributed by atoms with Crippen LogP contribution in [0.15, 0.2) is 30.3 Å². The third-order valence-corrected chi connectivity index (χ3v) is 5.43. The fraction of sp³-hybridized carbons (Fsp3) is 0.278. The van der Waals surface area contributed by atoms with Crippen LogP contribution in [0.5, 0.6) is 0 Å². The van der Waals surface area contributed by atoms with Crippen molar-refractivity contribution in [3.63, 3.8) is 0 Å². The van der Waals surface area contributed by atoms with E-state index in [2.05, 4.69) is 26.6 Å². The molecule has 0 spiro atoms. The zero-order valence-corrected chi connectivity index (χ0v) is 14.2. The van der Waals surface area contributed by atoms with Crippen LogP contribution in [0.4, 0.5) is 5.69 Å². The molecule has 0 aliphatic heterocycles. The number of aromatic amines is 1. The number of aromatic nitrogens is 3. The largest absolute Gasteiger partial charge is 0.321 e. The lowest BCUT2D eigenvalue weighted by Crippen LogP contribution is -2.10. The minimum absolute atomic E-state index is 0.0438. The molecule has 2 heterocycles. The summed E-state index contributed by atoms with van der Waals surface area (Å²) >= 11 is 1.62. The number of rotatable bonds is 3. The smallest absolute Gasteiger partial charge is 0.265 e. The van der Waals surface area contributed by atoms with Gasteiger partial charge in [-0.25, -0.2) is 4.98 Å². The number of hydrogen-bond acceptors (Lipinski definition) is 4. The molecular weight excluding hydrogens is 320 g/mol. The van der Waals surface area contributed by atoms with Crippen molar-refractivity contribution in [3.8, 4) is 11.4 Å². The predicted octanol–water partition coefficient (Wildman–Crippen LogP) is 3.97. The number of aryl methyl sites for hydroxylation is 3. The number of carbonyl (C=O) groups excluding carboxylic acids is 1. The van der Waals surface area contributed by atoms with Crippen LogP contribution in [0.1, 0.15) is 38.8 Å². The second kappa shape index (κ2) is 6.20. The molecule has 5 nitrogen and oxygen atoms in total. The molecule has 2 aromatic heterocycles. The number of benzene rings is 1. The highest BCUT2D eigenvalue weighted by molar-refractivity contribution is 7.14. The first-order chi connectivity index (χ1) is 11.7. The number of amides is 1.